The molecule has 0 bridgehead atoms. The molecule has 0 aliphatic heterocycles. The quantitative estimate of drug-likeness (QED) is 0.238. The van der Waals surface area contributed by atoms with Crippen LogP contribution in [0.1, 0.15) is 18.2 Å². The molecular formula is C18H18F2N5O4S3+. The lowest BCUT2D eigenvalue weighted by Crippen LogP contribution is -2.21. The highest BCUT2D eigenvalue weighted by Gasteiger charge is 2.36. The van der Waals surface area contributed by atoms with Gasteiger partial charge in [0.05, 0.1) is 7.11 Å². The zero-order valence-corrected chi connectivity index (χ0v) is 19.5. The summed E-state index contributed by atoms with van der Waals surface area (Å²) in [5.41, 5.74) is 0.378. The second-order valence-electron chi connectivity index (χ2n) is 6.28. The van der Waals surface area contributed by atoms with Crippen molar-refractivity contribution >= 4 is 50.4 Å². The molecule has 0 aliphatic rings. The summed E-state index contributed by atoms with van der Waals surface area (Å²) in [6, 6.07) is 5.16. The van der Waals surface area contributed by atoms with Gasteiger partial charge in [-0.25, -0.2) is 18.7 Å². The predicted octanol–water partition coefficient (Wildman–Crippen LogP) is 4.14. The number of halogens is 2. The fourth-order valence-corrected chi connectivity index (χ4v) is 5.77. The molecular weight excluding hydrogens is 484 g/mol. The van der Waals surface area contributed by atoms with E-state index in [-0.39, 0.29) is 49.1 Å². The van der Waals surface area contributed by atoms with Crippen LogP contribution < -0.4 is 14.8 Å². The Balaban J connectivity index is 1.83. The number of rotatable bonds is 8. The summed E-state index contributed by atoms with van der Waals surface area (Å²) in [6.45, 7) is 2.83. The first-order chi connectivity index (χ1) is 15.1. The molecule has 2 heterocycles. The molecule has 1 amide bonds. The maximum Gasteiger partial charge on any atom is 0.360 e. The molecule has 3 N–H and O–H groups in total. The Bertz CT molecular complexity index is 1210. The van der Waals surface area contributed by atoms with E-state index in [0.29, 0.717) is 0 Å². The molecule has 1 unspecified atom stereocenters. The number of aromatic nitrogens is 3. The molecule has 9 nitrogen and oxygen atoms in total. The number of nitrogens with zero attached hydrogens (tertiary/aromatic N) is 3. The normalized spacial score (nSPS) is 12.8. The fourth-order valence-electron chi connectivity index (χ4n) is 2.46. The monoisotopic (exact) mass is 502 g/mol. The summed E-state index contributed by atoms with van der Waals surface area (Å²) in [4.78, 5) is 23.6. The van der Waals surface area contributed by atoms with Crippen LogP contribution in [0.25, 0.3) is 0 Å². The van der Waals surface area contributed by atoms with Crippen molar-refractivity contribution < 1.29 is 27.1 Å². The third kappa shape index (κ3) is 5.76. The SMILES string of the molecule is COc1cc(N[S+](=O)(O)c2sc(NC(C)=O)nc2C)nc(SCc2cccc(F)c2F)n1. The van der Waals surface area contributed by atoms with Crippen molar-refractivity contribution in [2.24, 2.45) is 0 Å². The number of hydrogen-bond donors (Lipinski definition) is 3. The Labute approximate surface area is 191 Å². The van der Waals surface area contributed by atoms with Gasteiger partial charge in [-0.15, -0.1) is 0 Å². The van der Waals surface area contributed by atoms with Gasteiger partial charge in [-0.3, -0.25) is 4.79 Å². The molecule has 2 aromatic heterocycles. The molecule has 0 aliphatic carbocycles. The zero-order valence-electron chi connectivity index (χ0n) is 17.0. The van der Waals surface area contributed by atoms with Gasteiger partial charge in [0.25, 0.3) is 4.21 Å². The van der Waals surface area contributed by atoms with Crippen molar-refractivity contribution in [3.63, 3.8) is 0 Å². The van der Waals surface area contributed by atoms with E-state index in [1.165, 1.54) is 39.2 Å². The number of aryl methyl sites for hydroxylation is 1. The van der Waals surface area contributed by atoms with Gasteiger partial charge in [0, 0.05) is 24.3 Å². The molecule has 0 saturated carbocycles. The van der Waals surface area contributed by atoms with Gasteiger partial charge in [-0.1, -0.05) is 23.9 Å². The average molecular weight is 503 g/mol. The fraction of sp³-hybridized carbons (Fsp3) is 0.222. The summed E-state index contributed by atoms with van der Waals surface area (Å²) in [5.74, 6) is -2.19. The summed E-state index contributed by atoms with van der Waals surface area (Å²) < 4.78 is 58.4. The van der Waals surface area contributed by atoms with Crippen molar-refractivity contribution in [1.82, 2.24) is 15.0 Å². The first-order valence-electron chi connectivity index (χ1n) is 8.87. The number of ether oxygens (including phenoxy) is 1. The van der Waals surface area contributed by atoms with Crippen LogP contribution in [0.3, 0.4) is 0 Å². The molecule has 0 radical (unpaired) electrons. The number of amides is 1. The smallest absolute Gasteiger partial charge is 0.360 e. The second-order valence-corrected chi connectivity index (χ2v) is 10.1. The minimum Gasteiger partial charge on any atom is -0.481 e. The first-order valence-corrected chi connectivity index (χ1v) is 12.2. The van der Waals surface area contributed by atoms with Gasteiger partial charge in [-0.2, -0.15) is 14.3 Å². The first kappa shape index (κ1) is 24.0. The van der Waals surface area contributed by atoms with Gasteiger partial charge >= 0.3 is 10.4 Å². The number of nitrogens with one attached hydrogen (secondary N) is 2. The van der Waals surface area contributed by atoms with E-state index in [2.05, 4.69) is 25.0 Å². The Kier molecular flexibility index (Phi) is 7.38. The van der Waals surface area contributed by atoms with Gasteiger partial charge in [0.15, 0.2) is 27.7 Å². The van der Waals surface area contributed by atoms with Gasteiger partial charge in [0.1, 0.15) is 5.69 Å². The third-order valence-electron chi connectivity index (χ3n) is 3.81. The van der Waals surface area contributed by atoms with E-state index >= 15 is 0 Å². The van der Waals surface area contributed by atoms with Crippen molar-refractivity contribution in [2.45, 2.75) is 29.0 Å². The van der Waals surface area contributed by atoms with Crippen LogP contribution in [0.15, 0.2) is 33.6 Å². The van der Waals surface area contributed by atoms with Crippen molar-refractivity contribution in [3.05, 3.63) is 47.2 Å². The largest absolute Gasteiger partial charge is 0.481 e. The van der Waals surface area contributed by atoms with Crippen LogP contribution in [-0.4, -0.2) is 32.5 Å². The van der Waals surface area contributed by atoms with Crippen LogP contribution in [-0.2, 0) is 25.2 Å². The summed E-state index contributed by atoms with van der Waals surface area (Å²) >= 11 is 1.85. The van der Waals surface area contributed by atoms with Crippen LogP contribution in [0, 0.1) is 18.6 Å². The van der Waals surface area contributed by atoms with Gasteiger partial charge < -0.3 is 10.1 Å². The maximum atomic E-state index is 13.9. The van der Waals surface area contributed by atoms with E-state index in [9.17, 15) is 22.3 Å². The third-order valence-corrected chi connectivity index (χ3v) is 7.79. The highest BCUT2D eigenvalue weighted by molar-refractivity contribution is 8.00. The highest BCUT2D eigenvalue weighted by Crippen LogP contribution is 2.33. The topological polar surface area (TPSA) is 126 Å². The van der Waals surface area contributed by atoms with Crippen molar-refractivity contribution in [2.75, 3.05) is 17.1 Å². The Morgan fingerprint density at radius 1 is 1.31 bits per heavy atom. The molecule has 0 spiro atoms. The molecule has 1 atom stereocenters. The number of hydrogen-bond acceptors (Lipinski definition) is 8. The molecule has 3 aromatic rings. The number of thioether (sulfide) groups is 1. The van der Waals surface area contributed by atoms with E-state index in [0.717, 1.165) is 29.2 Å². The Morgan fingerprint density at radius 3 is 2.75 bits per heavy atom. The highest BCUT2D eigenvalue weighted by atomic mass is 32.3. The van der Waals surface area contributed by atoms with Crippen LogP contribution >= 0.6 is 23.1 Å². The standard InChI is InChI=1S/C18H17F2N5O4S3/c1-9-16(31-18(21-9)22-10(2)26)32(27,28)25-13-7-14(29-3)24-17(23-13)30-8-11-5-4-6-12(19)15(11)20/h4-7H,8H2,1-3H3,(H2-,21,22,23,24,25,26,27,28)/p+1. The van der Waals surface area contributed by atoms with E-state index in [1.54, 1.807) is 0 Å². The van der Waals surface area contributed by atoms with Crippen molar-refractivity contribution in [1.29, 1.82) is 0 Å². The van der Waals surface area contributed by atoms with Gasteiger partial charge in [0.2, 0.25) is 11.8 Å². The van der Waals surface area contributed by atoms with E-state index in [1.807, 2.05) is 0 Å². The zero-order chi connectivity index (χ0) is 23.5. The van der Waals surface area contributed by atoms with Crippen LogP contribution in [0.5, 0.6) is 5.88 Å². The van der Waals surface area contributed by atoms with Gasteiger partial charge in [-0.05, 0) is 28.5 Å². The number of carbonyl (C=O) groups excluding carboxylic acids is 1. The number of anilines is 2. The molecule has 14 heteroatoms. The van der Waals surface area contributed by atoms with Crippen LogP contribution in [0.4, 0.5) is 19.7 Å². The van der Waals surface area contributed by atoms with Crippen molar-refractivity contribution in [3.8, 4) is 5.88 Å². The molecule has 0 saturated heterocycles. The number of methoxy groups -OCH3 is 1. The lowest BCUT2D eigenvalue weighted by Gasteiger charge is -2.09. The molecule has 170 valence electrons. The minimum absolute atomic E-state index is 0.00913. The summed E-state index contributed by atoms with van der Waals surface area (Å²) in [5, 5.41) is 2.77. The Morgan fingerprint density at radius 2 is 2.06 bits per heavy atom. The number of carbonyl (C=O) groups is 1. The maximum absolute atomic E-state index is 13.9. The molecule has 32 heavy (non-hydrogen) atoms. The number of thiazole rings is 1. The molecule has 1 aromatic carbocycles. The summed E-state index contributed by atoms with van der Waals surface area (Å²) in [6.07, 6.45) is 0. The van der Waals surface area contributed by atoms with E-state index in [4.69, 9.17) is 4.74 Å². The average Bonchev–Trinajstić information content (AvgIpc) is 3.08. The lowest BCUT2D eigenvalue weighted by atomic mass is 10.2. The molecule has 0 fully saturated rings. The second kappa shape index (κ2) is 9.85. The number of benzene rings is 1. The summed E-state index contributed by atoms with van der Waals surface area (Å²) in [7, 11) is -2.48. The molecule has 3 rings (SSSR count). The predicted molar refractivity (Wildman–Crippen MR) is 118 cm³/mol. The minimum atomic E-state index is -3.84. The van der Waals surface area contributed by atoms with E-state index < -0.39 is 22.0 Å². The lowest BCUT2D eigenvalue weighted by molar-refractivity contribution is -0.114. The van der Waals surface area contributed by atoms with Crippen LogP contribution in [0.2, 0.25) is 0 Å². The Hall–Kier alpha value is -2.68.